The van der Waals surface area contributed by atoms with Crippen molar-refractivity contribution in [1.29, 1.82) is 0 Å². The van der Waals surface area contributed by atoms with Crippen LogP contribution in [0.15, 0.2) is 47.4 Å². The monoisotopic (exact) mass is 439 g/mol. The number of amides is 2. The summed E-state index contributed by atoms with van der Waals surface area (Å²) in [4.78, 5) is 38.2. The summed E-state index contributed by atoms with van der Waals surface area (Å²) in [6.45, 7) is 3.93. The van der Waals surface area contributed by atoms with E-state index in [0.717, 1.165) is 12.2 Å². The van der Waals surface area contributed by atoms with Gasteiger partial charge < -0.3 is 5.32 Å². The van der Waals surface area contributed by atoms with Crippen LogP contribution < -0.4 is 10.2 Å². The zero-order valence-corrected chi connectivity index (χ0v) is 18.6. The van der Waals surface area contributed by atoms with Crippen LogP contribution in [0.1, 0.15) is 36.2 Å². The summed E-state index contributed by atoms with van der Waals surface area (Å²) in [6.07, 6.45) is 6.38. The van der Waals surface area contributed by atoms with Crippen molar-refractivity contribution < 1.29 is 14.5 Å². The molecule has 0 atom stereocenters. The molecule has 7 nitrogen and oxygen atoms in total. The van der Waals surface area contributed by atoms with Gasteiger partial charge in [-0.1, -0.05) is 25.8 Å². The maximum atomic E-state index is 13.3. The summed E-state index contributed by atoms with van der Waals surface area (Å²) in [5, 5.41) is 14.1. The SMILES string of the molecule is C#Cc1cccc(N(CC(=O)NC)C(=O)c2ccc(SCCC(C)C)c([N+](=O)[O-])c2)c1. The molecular weight excluding hydrogens is 414 g/mol. The molecule has 1 N–H and O–H groups in total. The molecule has 0 fully saturated rings. The van der Waals surface area contributed by atoms with Crippen molar-refractivity contribution in [3.63, 3.8) is 0 Å². The molecule has 0 aliphatic heterocycles. The standard InChI is InChI=1S/C23H25N3O4S/c1-5-17-7-6-8-19(13-17)25(15-22(27)24-4)23(28)18-9-10-21(20(14-18)26(29)30)31-12-11-16(2)3/h1,6-10,13-14,16H,11-12,15H2,2-4H3,(H,24,27). The molecule has 31 heavy (non-hydrogen) atoms. The summed E-state index contributed by atoms with van der Waals surface area (Å²) in [6, 6.07) is 11.1. The van der Waals surface area contributed by atoms with Crippen molar-refractivity contribution in [2.24, 2.45) is 5.92 Å². The summed E-state index contributed by atoms with van der Waals surface area (Å²) in [7, 11) is 1.47. The fraction of sp³-hybridized carbons (Fsp3) is 0.304. The van der Waals surface area contributed by atoms with E-state index < -0.39 is 10.8 Å². The Morgan fingerprint density at radius 3 is 2.61 bits per heavy atom. The van der Waals surface area contributed by atoms with Crippen molar-refractivity contribution in [2.75, 3.05) is 24.2 Å². The number of nitrogens with zero attached hydrogens (tertiary/aromatic N) is 2. The number of carbonyl (C=O) groups excluding carboxylic acids is 2. The zero-order chi connectivity index (χ0) is 23.0. The lowest BCUT2D eigenvalue weighted by atomic mass is 10.1. The summed E-state index contributed by atoms with van der Waals surface area (Å²) < 4.78 is 0. The number of anilines is 1. The zero-order valence-electron chi connectivity index (χ0n) is 17.8. The molecule has 0 heterocycles. The molecule has 0 saturated heterocycles. The molecule has 0 aliphatic rings. The van der Waals surface area contributed by atoms with E-state index in [-0.39, 0.29) is 23.7 Å². The van der Waals surface area contributed by atoms with Gasteiger partial charge >= 0.3 is 0 Å². The van der Waals surface area contributed by atoms with Crippen molar-refractivity contribution in [3.8, 4) is 12.3 Å². The van der Waals surface area contributed by atoms with Gasteiger partial charge in [-0.3, -0.25) is 24.6 Å². The minimum atomic E-state index is -0.528. The fourth-order valence-electron chi connectivity index (χ4n) is 2.74. The number of likely N-dealkylation sites (N-methyl/N-ethyl adjacent to an activating group) is 1. The van der Waals surface area contributed by atoms with Gasteiger partial charge in [0.25, 0.3) is 11.6 Å². The molecule has 0 bridgehead atoms. The Hall–Kier alpha value is -3.31. The Morgan fingerprint density at radius 2 is 2.00 bits per heavy atom. The van der Waals surface area contributed by atoms with Crippen molar-refractivity contribution >= 4 is 35.0 Å². The minimum absolute atomic E-state index is 0.120. The Kier molecular flexibility index (Phi) is 8.64. The highest BCUT2D eigenvalue weighted by molar-refractivity contribution is 7.99. The van der Waals surface area contributed by atoms with Gasteiger partial charge in [-0.15, -0.1) is 18.2 Å². The van der Waals surface area contributed by atoms with E-state index in [0.29, 0.717) is 22.1 Å². The van der Waals surface area contributed by atoms with Crippen LogP contribution in [0.3, 0.4) is 0 Å². The number of nitrogens with one attached hydrogen (secondary N) is 1. The summed E-state index contributed by atoms with van der Waals surface area (Å²) in [5.74, 6) is 2.82. The molecule has 2 amide bonds. The second-order valence-electron chi connectivity index (χ2n) is 7.23. The molecule has 0 unspecified atom stereocenters. The second kappa shape index (κ2) is 11.2. The number of nitro benzene ring substituents is 1. The largest absolute Gasteiger partial charge is 0.358 e. The minimum Gasteiger partial charge on any atom is -0.358 e. The average Bonchev–Trinajstić information content (AvgIpc) is 2.76. The van der Waals surface area contributed by atoms with E-state index in [4.69, 9.17) is 6.42 Å². The van der Waals surface area contributed by atoms with Crippen molar-refractivity contribution in [1.82, 2.24) is 5.32 Å². The highest BCUT2D eigenvalue weighted by atomic mass is 32.2. The Labute approximate surface area is 186 Å². The van der Waals surface area contributed by atoms with Gasteiger partial charge in [-0.25, -0.2) is 0 Å². The van der Waals surface area contributed by atoms with E-state index in [1.807, 2.05) is 0 Å². The molecule has 0 saturated carbocycles. The lowest BCUT2D eigenvalue weighted by Crippen LogP contribution is -2.39. The van der Waals surface area contributed by atoms with Gasteiger partial charge in [-0.05, 0) is 48.4 Å². The molecule has 2 aromatic carbocycles. The highest BCUT2D eigenvalue weighted by Crippen LogP contribution is 2.32. The maximum Gasteiger partial charge on any atom is 0.283 e. The van der Waals surface area contributed by atoms with Gasteiger partial charge in [-0.2, -0.15) is 0 Å². The Morgan fingerprint density at radius 1 is 1.26 bits per heavy atom. The first kappa shape index (κ1) is 24.0. The highest BCUT2D eigenvalue weighted by Gasteiger charge is 2.24. The predicted molar refractivity (Wildman–Crippen MR) is 123 cm³/mol. The molecule has 0 radical (unpaired) electrons. The van der Waals surface area contributed by atoms with Crippen LogP contribution in [0, 0.1) is 28.4 Å². The molecule has 0 aliphatic carbocycles. The number of hydrogen-bond acceptors (Lipinski definition) is 5. The number of hydrogen-bond donors (Lipinski definition) is 1. The van der Waals surface area contributed by atoms with Gasteiger partial charge in [0, 0.05) is 29.9 Å². The van der Waals surface area contributed by atoms with Gasteiger partial charge in [0.2, 0.25) is 5.91 Å². The van der Waals surface area contributed by atoms with E-state index in [9.17, 15) is 19.7 Å². The number of nitro groups is 1. The number of rotatable bonds is 9. The Balaban J connectivity index is 2.41. The molecule has 2 aromatic rings. The van der Waals surface area contributed by atoms with E-state index in [1.165, 1.54) is 29.8 Å². The topological polar surface area (TPSA) is 92.6 Å². The molecule has 0 aromatic heterocycles. The third-order valence-electron chi connectivity index (χ3n) is 4.51. The normalized spacial score (nSPS) is 10.4. The van der Waals surface area contributed by atoms with E-state index in [1.54, 1.807) is 36.4 Å². The Bertz CT molecular complexity index is 1010. The van der Waals surface area contributed by atoms with Crippen molar-refractivity contribution in [2.45, 2.75) is 25.2 Å². The molecule has 2 rings (SSSR count). The number of thioether (sulfide) groups is 1. The van der Waals surface area contributed by atoms with Crippen LogP contribution in [0.2, 0.25) is 0 Å². The predicted octanol–water partition coefficient (Wildman–Crippen LogP) is 4.11. The molecule has 0 spiro atoms. The van der Waals surface area contributed by atoms with Crippen LogP contribution in [0.4, 0.5) is 11.4 Å². The van der Waals surface area contributed by atoms with Crippen LogP contribution >= 0.6 is 11.8 Å². The van der Waals surface area contributed by atoms with E-state index >= 15 is 0 Å². The first-order valence-corrected chi connectivity index (χ1v) is 10.8. The lowest BCUT2D eigenvalue weighted by molar-refractivity contribution is -0.387. The van der Waals surface area contributed by atoms with Crippen LogP contribution in [0.5, 0.6) is 0 Å². The molecule has 162 valence electrons. The third kappa shape index (κ3) is 6.59. The van der Waals surface area contributed by atoms with Crippen LogP contribution in [-0.4, -0.2) is 36.1 Å². The van der Waals surface area contributed by atoms with Crippen LogP contribution in [-0.2, 0) is 4.79 Å². The second-order valence-corrected chi connectivity index (χ2v) is 8.37. The van der Waals surface area contributed by atoms with Crippen molar-refractivity contribution in [3.05, 3.63) is 63.7 Å². The quantitative estimate of drug-likeness (QED) is 0.275. The third-order valence-corrected chi connectivity index (χ3v) is 5.60. The molecular formula is C23H25N3O4S. The molecule has 8 heteroatoms. The summed E-state index contributed by atoms with van der Waals surface area (Å²) >= 11 is 1.40. The van der Waals surface area contributed by atoms with Gasteiger partial charge in [0.05, 0.1) is 9.82 Å². The fourth-order valence-corrected chi connectivity index (χ4v) is 4.00. The first-order chi connectivity index (χ1) is 14.8. The van der Waals surface area contributed by atoms with E-state index in [2.05, 4.69) is 25.1 Å². The number of benzene rings is 2. The number of terminal acetylenes is 1. The van der Waals surface area contributed by atoms with Crippen LogP contribution in [0.25, 0.3) is 0 Å². The van der Waals surface area contributed by atoms with Gasteiger partial charge in [0.1, 0.15) is 6.54 Å². The lowest BCUT2D eigenvalue weighted by Gasteiger charge is -2.22. The average molecular weight is 440 g/mol. The number of carbonyl (C=O) groups is 2. The first-order valence-electron chi connectivity index (χ1n) is 9.77. The van der Waals surface area contributed by atoms with Gasteiger partial charge in [0.15, 0.2) is 0 Å². The summed E-state index contributed by atoms with van der Waals surface area (Å²) in [5.41, 5.74) is 0.976. The maximum absolute atomic E-state index is 13.3. The smallest absolute Gasteiger partial charge is 0.283 e.